The topological polar surface area (TPSA) is 127 Å². The summed E-state index contributed by atoms with van der Waals surface area (Å²) in [6, 6.07) is 4.87. The Kier molecular flexibility index (Phi) is 5.78. The van der Waals surface area contributed by atoms with Gasteiger partial charge in [-0.25, -0.2) is 8.42 Å². The molecule has 2 atom stereocenters. The van der Waals surface area contributed by atoms with Crippen molar-refractivity contribution < 1.29 is 18.1 Å². The van der Waals surface area contributed by atoms with Crippen molar-refractivity contribution in [1.82, 2.24) is 9.21 Å². The van der Waals surface area contributed by atoms with Crippen LogP contribution in [0.15, 0.2) is 29.2 Å². The number of rotatable bonds is 5. The predicted molar refractivity (Wildman–Crippen MR) is 98.4 cm³/mol. The first-order valence-corrected chi connectivity index (χ1v) is 10.5. The molecule has 2 unspecified atom stereocenters. The van der Waals surface area contributed by atoms with Crippen molar-refractivity contribution in [1.29, 1.82) is 0 Å². The van der Waals surface area contributed by atoms with Crippen molar-refractivity contribution >= 4 is 21.6 Å². The highest BCUT2D eigenvalue weighted by Crippen LogP contribution is 2.28. The number of amides is 1. The average molecular weight is 396 g/mol. The molecule has 0 aromatic heterocycles. The van der Waals surface area contributed by atoms with Gasteiger partial charge in [-0.1, -0.05) is 0 Å². The average Bonchev–Trinajstić information content (AvgIpc) is 3.16. The molecular weight excluding hydrogens is 372 g/mol. The van der Waals surface area contributed by atoms with Gasteiger partial charge in [0.25, 0.3) is 5.69 Å². The number of hydrogen-bond acceptors (Lipinski definition) is 6. The number of hydrogen-bond donors (Lipinski definition) is 1. The van der Waals surface area contributed by atoms with Crippen LogP contribution in [0, 0.1) is 16.0 Å². The van der Waals surface area contributed by atoms with Gasteiger partial charge in [-0.3, -0.25) is 14.9 Å². The molecule has 1 aromatic carbocycles. The highest BCUT2D eigenvalue weighted by Gasteiger charge is 2.37. The van der Waals surface area contributed by atoms with Crippen molar-refractivity contribution in [3.63, 3.8) is 0 Å². The van der Waals surface area contributed by atoms with Crippen LogP contribution in [0.2, 0.25) is 0 Å². The van der Waals surface area contributed by atoms with E-state index in [1.165, 1.54) is 28.6 Å². The Morgan fingerprint density at radius 1 is 1.19 bits per heavy atom. The van der Waals surface area contributed by atoms with Gasteiger partial charge in [0.1, 0.15) is 0 Å². The third kappa shape index (κ3) is 3.97. The molecule has 2 aliphatic rings. The van der Waals surface area contributed by atoms with Gasteiger partial charge in [-0.2, -0.15) is 4.31 Å². The highest BCUT2D eigenvalue weighted by molar-refractivity contribution is 7.89. The van der Waals surface area contributed by atoms with Gasteiger partial charge in [0.15, 0.2) is 0 Å². The normalized spacial score (nSPS) is 24.1. The summed E-state index contributed by atoms with van der Waals surface area (Å²) in [6.07, 6.45) is 3.06. The molecule has 9 nitrogen and oxygen atoms in total. The van der Waals surface area contributed by atoms with Gasteiger partial charge in [0.05, 0.1) is 15.7 Å². The Hall–Kier alpha value is -2.04. The van der Waals surface area contributed by atoms with Crippen molar-refractivity contribution in [2.45, 2.75) is 36.6 Å². The summed E-state index contributed by atoms with van der Waals surface area (Å²) in [6.45, 7) is 1.56. The Balaban J connectivity index is 1.74. The van der Waals surface area contributed by atoms with Gasteiger partial charge in [-0.15, -0.1) is 0 Å². The van der Waals surface area contributed by atoms with Gasteiger partial charge < -0.3 is 10.6 Å². The standard InChI is InChI=1S/C17H24N4O5S/c18-11-15-4-2-10-20(15)17(22)13-3-1-9-19(12-13)27(25,26)16-7-5-14(6-8-16)21(23)24/h5-8,13,15H,1-4,9-12,18H2. The van der Waals surface area contributed by atoms with Gasteiger partial charge in [0.2, 0.25) is 15.9 Å². The summed E-state index contributed by atoms with van der Waals surface area (Å²) in [4.78, 5) is 24.9. The van der Waals surface area contributed by atoms with Crippen LogP contribution < -0.4 is 5.73 Å². The molecule has 0 radical (unpaired) electrons. The third-order valence-corrected chi connectivity index (χ3v) is 7.23. The van der Waals surface area contributed by atoms with Crippen LogP contribution >= 0.6 is 0 Å². The van der Waals surface area contributed by atoms with Crippen LogP contribution in [0.5, 0.6) is 0 Å². The van der Waals surface area contributed by atoms with E-state index in [-0.39, 0.29) is 35.0 Å². The minimum absolute atomic E-state index is 0.00204. The lowest BCUT2D eigenvalue weighted by Gasteiger charge is -2.34. The molecule has 2 heterocycles. The molecule has 2 saturated heterocycles. The van der Waals surface area contributed by atoms with E-state index in [1.54, 1.807) is 4.90 Å². The first kappa shape index (κ1) is 19.7. The monoisotopic (exact) mass is 396 g/mol. The smallest absolute Gasteiger partial charge is 0.269 e. The Bertz CT molecular complexity index is 811. The van der Waals surface area contributed by atoms with Gasteiger partial charge in [-0.05, 0) is 37.8 Å². The van der Waals surface area contributed by atoms with E-state index in [4.69, 9.17) is 5.73 Å². The lowest BCUT2D eigenvalue weighted by molar-refractivity contribution is -0.384. The predicted octanol–water partition coefficient (Wildman–Crippen LogP) is 0.945. The summed E-state index contributed by atoms with van der Waals surface area (Å²) < 4.78 is 27.1. The van der Waals surface area contributed by atoms with Crippen LogP contribution in [-0.2, 0) is 14.8 Å². The van der Waals surface area contributed by atoms with Crippen molar-refractivity contribution in [3.8, 4) is 0 Å². The molecule has 3 rings (SSSR count). The maximum absolute atomic E-state index is 12.9. The Morgan fingerprint density at radius 2 is 1.85 bits per heavy atom. The number of carbonyl (C=O) groups is 1. The third-order valence-electron chi connectivity index (χ3n) is 5.35. The number of nitro groups is 1. The zero-order valence-corrected chi connectivity index (χ0v) is 15.8. The summed E-state index contributed by atoms with van der Waals surface area (Å²) in [7, 11) is -3.80. The fourth-order valence-electron chi connectivity index (χ4n) is 3.86. The number of non-ortho nitro benzene ring substituents is 1. The number of nitrogens with zero attached hydrogens (tertiary/aromatic N) is 3. The molecule has 27 heavy (non-hydrogen) atoms. The van der Waals surface area contributed by atoms with Crippen molar-refractivity contribution in [2.24, 2.45) is 11.7 Å². The van der Waals surface area contributed by atoms with Crippen LogP contribution in [0.4, 0.5) is 5.69 Å². The molecule has 0 bridgehead atoms. The number of benzene rings is 1. The second kappa shape index (κ2) is 7.91. The summed E-state index contributed by atoms with van der Waals surface area (Å²) in [5.41, 5.74) is 5.59. The maximum Gasteiger partial charge on any atom is 0.269 e. The molecule has 2 N–H and O–H groups in total. The van der Waals surface area contributed by atoms with E-state index in [0.29, 0.717) is 32.5 Å². The maximum atomic E-state index is 12.9. The largest absolute Gasteiger partial charge is 0.338 e. The quantitative estimate of drug-likeness (QED) is 0.583. The minimum atomic E-state index is -3.80. The fourth-order valence-corrected chi connectivity index (χ4v) is 5.38. The van der Waals surface area contributed by atoms with Crippen LogP contribution in [0.1, 0.15) is 25.7 Å². The minimum Gasteiger partial charge on any atom is -0.338 e. The van der Waals surface area contributed by atoms with Gasteiger partial charge in [0, 0.05) is 44.4 Å². The van der Waals surface area contributed by atoms with E-state index in [2.05, 4.69) is 0 Å². The Morgan fingerprint density at radius 3 is 2.48 bits per heavy atom. The molecule has 0 aliphatic carbocycles. The van der Waals surface area contributed by atoms with E-state index >= 15 is 0 Å². The zero-order chi connectivity index (χ0) is 19.6. The van der Waals surface area contributed by atoms with Crippen LogP contribution in [0.25, 0.3) is 0 Å². The summed E-state index contributed by atoms with van der Waals surface area (Å²) in [5.74, 6) is -0.398. The molecular formula is C17H24N4O5S. The lowest BCUT2D eigenvalue weighted by atomic mass is 9.97. The molecule has 0 saturated carbocycles. The van der Waals surface area contributed by atoms with E-state index in [0.717, 1.165) is 12.8 Å². The van der Waals surface area contributed by atoms with E-state index < -0.39 is 14.9 Å². The van der Waals surface area contributed by atoms with Crippen molar-refractivity contribution in [2.75, 3.05) is 26.2 Å². The summed E-state index contributed by atoms with van der Waals surface area (Å²) >= 11 is 0. The molecule has 1 amide bonds. The summed E-state index contributed by atoms with van der Waals surface area (Å²) in [5, 5.41) is 10.8. The van der Waals surface area contributed by atoms with Crippen molar-refractivity contribution in [3.05, 3.63) is 34.4 Å². The molecule has 2 fully saturated rings. The number of nitrogens with two attached hydrogens (primary N) is 1. The second-order valence-electron chi connectivity index (χ2n) is 7.02. The second-order valence-corrected chi connectivity index (χ2v) is 8.95. The van der Waals surface area contributed by atoms with E-state index in [1.807, 2.05) is 0 Å². The first-order valence-electron chi connectivity index (χ1n) is 9.09. The Labute approximate surface area is 158 Å². The molecule has 0 spiro atoms. The molecule has 2 aliphatic heterocycles. The molecule has 10 heteroatoms. The zero-order valence-electron chi connectivity index (χ0n) is 15.0. The van der Waals surface area contributed by atoms with E-state index in [9.17, 15) is 23.3 Å². The molecule has 148 valence electrons. The van der Waals surface area contributed by atoms with Crippen LogP contribution in [-0.4, -0.2) is 60.7 Å². The lowest BCUT2D eigenvalue weighted by Crippen LogP contribution is -2.49. The van der Waals surface area contributed by atoms with Crippen LogP contribution in [0.3, 0.4) is 0 Å². The number of carbonyl (C=O) groups excluding carboxylic acids is 1. The van der Waals surface area contributed by atoms with Gasteiger partial charge >= 0.3 is 0 Å². The number of likely N-dealkylation sites (tertiary alicyclic amines) is 1. The fraction of sp³-hybridized carbons (Fsp3) is 0.588. The first-order chi connectivity index (χ1) is 12.8. The highest BCUT2D eigenvalue weighted by atomic mass is 32.2. The molecule has 1 aromatic rings. The number of sulfonamides is 1. The number of nitro benzene ring substituents is 1. The SMILES string of the molecule is NCC1CCCN1C(=O)C1CCCN(S(=O)(=O)c2ccc([N+](=O)[O-])cc2)C1. The number of piperidine rings is 1.